The molecular weight excluding hydrogens is 543 g/mol. The van der Waals surface area contributed by atoms with E-state index in [0.29, 0.717) is 11.6 Å². The number of hydrogen-bond donors (Lipinski definition) is 1. The van der Waals surface area contributed by atoms with Crippen LogP contribution < -0.4 is 19.6 Å². The first kappa shape index (κ1) is 30.9. The number of alkyl halides is 13. The molecule has 0 atom stereocenters. The summed E-state index contributed by atoms with van der Waals surface area (Å²) in [5.41, 5.74) is 0.366. The standard InChI is InChI=1S/C17H13F13N2O4/c1-34-8-4-7(5-9(35-2)10(8)36-3)6-31-32-11(33)12(18,19)13(20,21)14(22,23)15(24,25)16(26,27)17(28,29)30/h4-6H,1-3H3,(H,32,33). The number of ether oxygens (including phenoxy) is 3. The minimum Gasteiger partial charge on any atom is -0.493 e. The van der Waals surface area contributed by atoms with Crippen molar-refractivity contribution in [2.75, 3.05) is 21.3 Å². The quantitative estimate of drug-likeness (QED) is 0.253. The largest absolute Gasteiger partial charge is 0.493 e. The molecule has 1 aromatic carbocycles. The van der Waals surface area contributed by atoms with E-state index < -0.39 is 41.7 Å². The highest BCUT2D eigenvalue weighted by molar-refractivity contribution is 5.87. The first-order chi connectivity index (χ1) is 16.1. The summed E-state index contributed by atoms with van der Waals surface area (Å²) in [5, 5.41) is 2.71. The van der Waals surface area contributed by atoms with Crippen LogP contribution in [0.2, 0.25) is 0 Å². The summed E-state index contributed by atoms with van der Waals surface area (Å²) in [6.07, 6.45) is -7.15. The van der Waals surface area contributed by atoms with Gasteiger partial charge < -0.3 is 14.2 Å². The van der Waals surface area contributed by atoms with Crippen LogP contribution in [0.4, 0.5) is 57.1 Å². The van der Waals surface area contributed by atoms with Crippen molar-refractivity contribution in [3.8, 4) is 17.2 Å². The minimum atomic E-state index is -8.12. The zero-order valence-corrected chi connectivity index (χ0v) is 17.7. The molecular formula is C17H13F13N2O4. The van der Waals surface area contributed by atoms with Crippen LogP contribution in [0.1, 0.15) is 5.56 Å². The second kappa shape index (κ2) is 9.72. The van der Waals surface area contributed by atoms with Crippen molar-refractivity contribution in [1.29, 1.82) is 0 Å². The second-order valence-electron chi connectivity index (χ2n) is 6.53. The average molecular weight is 556 g/mol. The molecule has 0 unspecified atom stereocenters. The SMILES string of the molecule is COc1cc(C=NNC(=O)C(F)(F)C(F)(F)C(F)(F)C(F)(F)C(F)(F)C(F)(F)F)cc(OC)c1OC. The van der Waals surface area contributed by atoms with Gasteiger partial charge in [0.1, 0.15) is 0 Å². The Morgan fingerprint density at radius 1 is 0.722 bits per heavy atom. The molecule has 36 heavy (non-hydrogen) atoms. The summed E-state index contributed by atoms with van der Waals surface area (Å²) in [6.45, 7) is 0. The molecule has 0 aromatic heterocycles. The van der Waals surface area contributed by atoms with Crippen LogP contribution in [0, 0.1) is 0 Å². The third kappa shape index (κ3) is 4.78. The number of hydrazone groups is 1. The molecule has 1 aromatic rings. The Kier molecular flexibility index (Phi) is 8.34. The van der Waals surface area contributed by atoms with E-state index in [1.54, 1.807) is 0 Å². The Balaban J connectivity index is 3.31. The summed E-state index contributed by atoms with van der Waals surface area (Å²) in [6, 6.07) is 2.08. The number of carbonyl (C=O) groups is 1. The van der Waals surface area contributed by atoms with Gasteiger partial charge in [-0.2, -0.15) is 62.2 Å². The van der Waals surface area contributed by atoms with Gasteiger partial charge in [-0.15, -0.1) is 0 Å². The number of amides is 1. The molecule has 19 heteroatoms. The van der Waals surface area contributed by atoms with E-state index in [1.807, 2.05) is 0 Å². The Bertz CT molecular complexity index is 968. The molecule has 0 saturated heterocycles. The summed E-state index contributed by atoms with van der Waals surface area (Å²) < 4.78 is 185. The lowest BCUT2D eigenvalue weighted by Crippen LogP contribution is -2.71. The zero-order chi connectivity index (χ0) is 28.5. The molecule has 0 fully saturated rings. The maximum absolute atomic E-state index is 13.7. The molecule has 0 bridgehead atoms. The van der Waals surface area contributed by atoms with E-state index in [0.717, 1.165) is 26.4 Å². The highest BCUT2D eigenvalue weighted by Gasteiger charge is 2.91. The zero-order valence-electron chi connectivity index (χ0n) is 17.7. The van der Waals surface area contributed by atoms with Gasteiger partial charge in [-0.05, 0) is 12.1 Å². The highest BCUT2D eigenvalue weighted by Crippen LogP contribution is 2.60. The number of nitrogens with zero attached hydrogens (tertiary/aromatic N) is 1. The van der Waals surface area contributed by atoms with Gasteiger partial charge in [0.25, 0.3) is 0 Å². The fraction of sp³-hybridized carbons (Fsp3) is 0.529. The van der Waals surface area contributed by atoms with Gasteiger partial charge in [-0.1, -0.05) is 0 Å². The summed E-state index contributed by atoms with van der Waals surface area (Å²) in [5.74, 6) is -42.6. The van der Waals surface area contributed by atoms with Crippen LogP contribution in [-0.4, -0.2) is 69.2 Å². The Morgan fingerprint density at radius 2 is 1.14 bits per heavy atom. The van der Waals surface area contributed by atoms with Crippen LogP contribution in [0.15, 0.2) is 17.2 Å². The normalized spacial score (nSPS) is 14.1. The number of methoxy groups -OCH3 is 3. The maximum atomic E-state index is 13.7. The van der Waals surface area contributed by atoms with E-state index in [2.05, 4.69) is 5.10 Å². The third-order valence-corrected chi connectivity index (χ3v) is 4.29. The van der Waals surface area contributed by atoms with E-state index in [9.17, 15) is 61.9 Å². The molecule has 0 radical (unpaired) electrons. The molecule has 0 heterocycles. The molecule has 0 saturated carbocycles. The van der Waals surface area contributed by atoms with Gasteiger partial charge in [-0.25, -0.2) is 5.43 Å². The topological polar surface area (TPSA) is 69.2 Å². The molecule has 206 valence electrons. The van der Waals surface area contributed by atoms with Gasteiger partial charge in [0.15, 0.2) is 11.5 Å². The lowest BCUT2D eigenvalue weighted by atomic mass is 9.93. The molecule has 1 rings (SSSR count). The molecule has 0 spiro atoms. The molecule has 0 aliphatic rings. The van der Waals surface area contributed by atoms with Crippen LogP contribution >= 0.6 is 0 Å². The summed E-state index contributed by atoms with van der Waals surface area (Å²) in [7, 11) is 3.43. The van der Waals surface area contributed by atoms with Crippen molar-refractivity contribution in [1.82, 2.24) is 5.43 Å². The predicted molar refractivity (Wildman–Crippen MR) is 92.6 cm³/mol. The third-order valence-electron chi connectivity index (χ3n) is 4.29. The molecule has 0 aliphatic heterocycles. The van der Waals surface area contributed by atoms with Crippen molar-refractivity contribution >= 4 is 12.1 Å². The number of hydrogen-bond acceptors (Lipinski definition) is 5. The number of nitrogens with one attached hydrogen (secondary N) is 1. The monoisotopic (exact) mass is 556 g/mol. The second-order valence-corrected chi connectivity index (χ2v) is 6.53. The smallest absolute Gasteiger partial charge is 0.460 e. The van der Waals surface area contributed by atoms with Crippen LogP contribution in [0.3, 0.4) is 0 Å². The Hall–Kier alpha value is -3.15. The Labute approximate surface area is 192 Å². The first-order valence-corrected chi connectivity index (χ1v) is 8.67. The van der Waals surface area contributed by atoms with Crippen molar-refractivity contribution in [2.24, 2.45) is 5.10 Å². The van der Waals surface area contributed by atoms with E-state index in [4.69, 9.17) is 14.2 Å². The number of rotatable bonds is 10. The van der Waals surface area contributed by atoms with Crippen molar-refractivity contribution in [3.05, 3.63) is 17.7 Å². The lowest BCUT2D eigenvalue weighted by Gasteiger charge is -2.38. The molecule has 6 nitrogen and oxygen atoms in total. The highest BCUT2D eigenvalue weighted by atomic mass is 19.4. The fourth-order valence-corrected chi connectivity index (χ4v) is 2.32. The van der Waals surface area contributed by atoms with Crippen LogP contribution in [0.25, 0.3) is 0 Å². The molecule has 1 amide bonds. The lowest BCUT2D eigenvalue weighted by molar-refractivity contribution is -0.436. The van der Waals surface area contributed by atoms with E-state index >= 15 is 0 Å². The van der Waals surface area contributed by atoms with E-state index in [1.165, 1.54) is 7.11 Å². The summed E-state index contributed by atoms with van der Waals surface area (Å²) in [4.78, 5) is 11.4. The van der Waals surface area contributed by atoms with Gasteiger partial charge in [0.05, 0.1) is 27.5 Å². The van der Waals surface area contributed by atoms with Gasteiger partial charge in [-0.3, -0.25) is 4.79 Å². The number of carbonyl (C=O) groups excluding carboxylic acids is 1. The average Bonchev–Trinajstić information content (AvgIpc) is 2.76. The maximum Gasteiger partial charge on any atom is 0.460 e. The van der Waals surface area contributed by atoms with Gasteiger partial charge in [0.2, 0.25) is 5.75 Å². The van der Waals surface area contributed by atoms with Gasteiger partial charge in [0, 0.05) is 5.56 Å². The first-order valence-electron chi connectivity index (χ1n) is 8.67. The Morgan fingerprint density at radius 3 is 1.50 bits per heavy atom. The minimum absolute atomic E-state index is 0.00817. The number of benzene rings is 1. The van der Waals surface area contributed by atoms with Crippen LogP contribution in [0.5, 0.6) is 17.2 Å². The van der Waals surface area contributed by atoms with Crippen molar-refractivity contribution < 1.29 is 76.1 Å². The van der Waals surface area contributed by atoms with E-state index in [-0.39, 0.29) is 22.8 Å². The van der Waals surface area contributed by atoms with Crippen molar-refractivity contribution in [2.45, 2.75) is 35.8 Å². The molecule has 0 aliphatic carbocycles. The summed E-state index contributed by atoms with van der Waals surface area (Å²) >= 11 is 0. The van der Waals surface area contributed by atoms with Crippen LogP contribution in [-0.2, 0) is 4.79 Å². The fourth-order valence-electron chi connectivity index (χ4n) is 2.32. The number of halogens is 13. The van der Waals surface area contributed by atoms with Gasteiger partial charge >= 0.3 is 41.7 Å². The predicted octanol–water partition coefficient (Wildman–Crippen LogP) is 4.90. The van der Waals surface area contributed by atoms with Crippen molar-refractivity contribution in [3.63, 3.8) is 0 Å². The molecule has 1 N–H and O–H groups in total.